The predicted molar refractivity (Wildman–Crippen MR) is 71.8 cm³/mol. The second kappa shape index (κ2) is 30.2. The van der Waals surface area contributed by atoms with E-state index in [1.165, 1.54) is 0 Å². The van der Waals surface area contributed by atoms with Crippen molar-refractivity contribution in [1.29, 1.82) is 0 Å². The van der Waals surface area contributed by atoms with Crippen LogP contribution in [0.25, 0.3) is 0 Å². The molecular formula is C12H33O4Y-. The number of hydrogen-bond acceptors (Lipinski definition) is 4. The molecule has 1 radical (unpaired) electrons. The zero-order valence-electron chi connectivity index (χ0n) is 8.23. The Morgan fingerprint density at radius 1 is 1.18 bits per heavy atom. The van der Waals surface area contributed by atoms with E-state index in [2.05, 4.69) is 4.74 Å². The Labute approximate surface area is 134 Å². The number of epoxide rings is 1. The summed E-state index contributed by atoms with van der Waals surface area (Å²) in [6.45, 7) is 2.30. The molecule has 1 fully saturated rings. The fourth-order valence-corrected chi connectivity index (χ4v) is 0.521. The Kier molecular flexibility index (Phi) is 64.1. The van der Waals surface area contributed by atoms with Crippen molar-refractivity contribution in [3.05, 3.63) is 6.42 Å². The van der Waals surface area contributed by atoms with Crippen molar-refractivity contribution >= 4 is 0 Å². The first-order chi connectivity index (χ1) is 5.85. The average Bonchev–Trinajstić information content (AvgIpc) is 2.86. The monoisotopic (exact) mass is 330 g/mol. The van der Waals surface area contributed by atoms with Gasteiger partial charge in [0.05, 0.1) is 13.2 Å². The molecule has 0 aromatic rings. The molecule has 1 heterocycles. The van der Waals surface area contributed by atoms with Crippen molar-refractivity contribution in [2.24, 2.45) is 0 Å². The Bertz CT molecular complexity index is 86.6. The zero-order valence-corrected chi connectivity index (χ0v) is 11.1. The molecule has 0 aromatic carbocycles. The first-order valence-electron chi connectivity index (χ1n) is 3.87. The van der Waals surface area contributed by atoms with E-state index in [4.69, 9.17) is 14.6 Å². The van der Waals surface area contributed by atoms with Crippen molar-refractivity contribution < 1.29 is 52.0 Å². The topological polar surface area (TPSA) is 51.2 Å². The summed E-state index contributed by atoms with van der Waals surface area (Å²) in [5.41, 5.74) is 0. The third-order valence-electron chi connectivity index (χ3n) is 1.17. The van der Waals surface area contributed by atoms with Crippen LogP contribution in [0.1, 0.15) is 29.7 Å². The molecular weight excluding hydrogens is 297 g/mol. The van der Waals surface area contributed by atoms with E-state index in [0.717, 1.165) is 13.2 Å². The molecule has 5 heteroatoms. The first kappa shape index (κ1) is 36.1. The molecule has 0 spiro atoms. The van der Waals surface area contributed by atoms with Crippen LogP contribution in [-0.4, -0.2) is 51.9 Å². The van der Waals surface area contributed by atoms with E-state index >= 15 is 0 Å². The fourth-order valence-electron chi connectivity index (χ4n) is 0.521. The number of ether oxygens (including phenoxy) is 3. The maximum absolute atomic E-state index is 8.06. The SMILES string of the molecule is C.C.C.C.COCC1CO1.COC[CH-]CO.[Y]. The fraction of sp³-hybridized carbons (Fsp3) is 0.917. The van der Waals surface area contributed by atoms with E-state index < -0.39 is 0 Å². The summed E-state index contributed by atoms with van der Waals surface area (Å²) in [6.07, 6.45) is 2.06. The van der Waals surface area contributed by atoms with E-state index in [1.54, 1.807) is 20.6 Å². The van der Waals surface area contributed by atoms with Crippen LogP contribution in [0.2, 0.25) is 0 Å². The predicted octanol–water partition coefficient (Wildman–Crippen LogP) is 2.40. The van der Waals surface area contributed by atoms with Crippen LogP contribution in [0.5, 0.6) is 0 Å². The third-order valence-corrected chi connectivity index (χ3v) is 1.17. The molecule has 1 N–H and O–H groups in total. The van der Waals surface area contributed by atoms with Gasteiger partial charge < -0.3 is 19.3 Å². The van der Waals surface area contributed by atoms with Crippen molar-refractivity contribution in [3.63, 3.8) is 0 Å². The maximum atomic E-state index is 8.06. The van der Waals surface area contributed by atoms with Gasteiger partial charge in [-0.1, -0.05) is 42.9 Å². The zero-order chi connectivity index (χ0) is 9.23. The van der Waals surface area contributed by atoms with Crippen LogP contribution >= 0.6 is 0 Å². The van der Waals surface area contributed by atoms with Gasteiger partial charge in [-0.25, -0.2) is 0 Å². The smallest absolute Gasteiger partial charge is 0.104 e. The van der Waals surface area contributed by atoms with Crippen LogP contribution in [0.4, 0.5) is 0 Å². The molecule has 1 unspecified atom stereocenters. The van der Waals surface area contributed by atoms with E-state index in [1.807, 2.05) is 0 Å². The van der Waals surface area contributed by atoms with Gasteiger partial charge in [0.1, 0.15) is 6.10 Å². The Hall–Kier alpha value is 0.944. The Morgan fingerprint density at radius 3 is 1.76 bits per heavy atom. The van der Waals surface area contributed by atoms with Crippen molar-refractivity contribution in [2.75, 3.05) is 40.6 Å². The molecule has 4 nitrogen and oxygen atoms in total. The second-order valence-corrected chi connectivity index (χ2v) is 2.34. The quantitative estimate of drug-likeness (QED) is 0.478. The molecule has 109 valence electrons. The minimum absolute atomic E-state index is 0. The Morgan fingerprint density at radius 2 is 1.65 bits per heavy atom. The second-order valence-electron chi connectivity index (χ2n) is 2.34. The number of hydrogen-bond donors (Lipinski definition) is 1. The van der Waals surface area contributed by atoms with Gasteiger partial charge in [0, 0.05) is 46.9 Å². The molecule has 1 rings (SSSR count). The summed E-state index contributed by atoms with van der Waals surface area (Å²) in [7, 11) is 3.27. The van der Waals surface area contributed by atoms with E-state index in [0.29, 0.717) is 12.7 Å². The molecule has 0 saturated carbocycles. The van der Waals surface area contributed by atoms with Gasteiger partial charge in [-0.2, -0.15) is 0 Å². The third kappa shape index (κ3) is 38.3. The summed E-state index contributed by atoms with van der Waals surface area (Å²) in [4.78, 5) is 0. The maximum Gasteiger partial charge on any atom is 0.104 e. The molecule has 0 aromatic heterocycles. The van der Waals surface area contributed by atoms with E-state index in [9.17, 15) is 0 Å². The molecule has 17 heavy (non-hydrogen) atoms. The van der Waals surface area contributed by atoms with Crippen molar-refractivity contribution in [3.8, 4) is 0 Å². The molecule has 1 saturated heterocycles. The summed E-state index contributed by atoms with van der Waals surface area (Å²) in [5, 5.41) is 8.06. The summed E-state index contributed by atoms with van der Waals surface area (Å²) < 4.78 is 14.1. The van der Waals surface area contributed by atoms with E-state index in [-0.39, 0.29) is 69.0 Å². The summed E-state index contributed by atoms with van der Waals surface area (Å²) in [6, 6.07) is 0. The molecule has 1 aliphatic rings. The molecule has 0 bridgehead atoms. The number of aliphatic hydroxyl groups is 1. The van der Waals surface area contributed by atoms with Crippen LogP contribution in [0, 0.1) is 6.42 Å². The minimum Gasteiger partial charge on any atom is -0.428 e. The van der Waals surface area contributed by atoms with Gasteiger partial charge in [0.15, 0.2) is 0 Å². The number of rotatable bonds is 5. The minimum atomic E-state index is 0. The normalized spacial score (nSPS) is 13.9. The van der Waals surface area contributed by atoms with Gasteiger partial charge in [0.2, 0.25) is 0 Å². The van der Waals surface area contributed by atoms with Gasteiger partial charge >= 0.3 is 0 Å². The van der Waals surface area contributed by atoms with Gasteiger partial charge in [-0.15, -0.1) is 0 Å². The van der Waals surface area contributed by atoms with Crippen LogP contribution in [0.15, 0.2) is 0 Å². The number of aliphatic hydroxyl groups excluding tert-OH is 1. The molecule has 0 amide bonds. The molecule has 0 aliphatic carbocycles. The van der Waals surface area contributed by atoms with Crippen LogP contribution in [0.3, 0.4) is 0 Å². The summed E-state index contributed by atoms with van der Waals surface area (Å²) >= 11 is 0. The van der Waals surface area contributed by atoms with Crippen LogP contribution < -0.4 is 0 Å². The number of methoxy groups -OCH3 is 2. The van der Waals surface area contributed by atoms with Crippen LogP contribution in [-0.2, 0) is 46.9 Å². The van der Waals surface area contributed by atoms with Crippen molar-refractivity contribution in [1.82, 2.24) is 0 Å². The largest absolute Gasteiger partial charge is 0.428 e. The molecule has 1 aliphatic heterocycles. The first-order valence-corrected chi connectivity index (χ1v) is 3.87. The van der Waals surface area contributed by atoms with Gasteiger partial charge in [-0.05, 0) is 0 Å². The van der Waals surface area contributed by atoms with Crippen molar-refractivity contribution in [2.45, 2.75) is 35.8 Å². The standard InChI is InChI=1S/C4H8O2.C4H9O2.4CH4.Y/c1-5-2-4-3-6-4;1-6-4-2-3-5;;;;;/h4H,2-3H2,1H3;2,5H,3-4H2,1H3;4*1H4;/q;-1;;;;;. The van der Waals surface area contributed by atoms with Gasteiger partial charge in [-0.3, -0.25) is 6.42 Å². The average molecular weight is 330 g/mol. The van der Waals surface area contributed by atoms with Gasteiger partial charge in [0.25, 0.3) is 0 Å². The Balaban J connectivity index is -0.0000000275. The molecule has 1 atom stereocenters. The summed E-state index contributed by atoms with van der Waals surface area (Å²) in [5.74, 6) is 0.